The Morgan fingerprint density at radius 3 is 2.52 bits per heavy atom. The van der Waals surface area contributed by atoms with E-state index in [2.05, 4.69) is 5.32 Å². The third kappa shape index (κ3) is 4.19. The van der Waals surface area contributed by atoms with Crippen LogP contribution in [0.4, 0.5) is 5.69 Å². The minimum absolute atomic E-state index is 0.00589. The average molecular weight is 496 g/mol. The zero-order valence-electron chi connectivity index (χ0n) is 17.6. The molecule has 0 saturated carbocycles. The van der Waals surface area contributed by atoms with Crippen LogP contribution < -0.4 is 10.1 Å². The second-order valence-electron chi connectivity index (χ2n) is 7.24. The molecule has 11 nitrogen and oxygen atoms in total. The normalized spacial score (nSPS) is 18.1. The molecule has 0 unspecified atom stereocenters. The molecule has 4 rings (SSSR count). The van der Waals surface area contributed by atoms with Gasteiger partial charge in [-0.05, 0) is 30.3 Å². The summed E-state index contributed by atoms with van der Waals surface area (Å²) in [7, 11) is -6.76. The first-order chi connectivity index (χ1) is 15.7. The molecule has 0 bridgehead atoms. The first-order valence-corrected chi connectivity index (χ1v) is 12.8. The molecule has 2 heterocycles. The number of benzene rings is 2. The molecule has 1 fully saturated rings. The van der Waals surface area contributed by atoms with Crippen molar-refractivity contribution >= 4 is 37.5 Å². The van der Waals surface area contributed by atoms with Crippen LogP contribution in [0.2, 0.25) is 0 Å². The summed E-state index contributed by atoms with van der Waals surface area (Å²) in [6.45, 7) is 0.125. The fraction of sp³-hybridized carbons (Fsp3) is 0.300. The number of sulfonamides is 2. The van der Waals surface area contributed by atoms with E-state index in [0.29, 0.717) is 4.31 Å². The molecule has 2 aromatic rings. The lowest BCUT2D eigenvalue weighted by atomic mass is 10.2. The van der Waals surface area contributed by atoms with Crippen molar-refractivity contribution in [2.45, 2.75) is 9.79 Å². The van der Waals surface area contributed by atoms with Crippen LogP contribution in [0.15, 0.2) is 52.3 Å². The molecule has 0 atom stereocenters. The Morgan fingerprint density at radius 2 is 1.85 bits per heavy atom. The van der Waals surface area contributed by atoms with Crippen molar-refractivity contribution in [2.75, 3.05) is 45.3 Å². The van der Waals surface area contributed by atoms with Gasteiger partial charge in [-0.3, -0.25) is 9.59 Å². The van der Waals surface area contributed by atoms with Gasteiger partial charge in [0.25, 0.3) is 15.9 Å². The Bertz CT molecular complexity index is 1320. The lowest BCUT2D eigenvalue weighted by Gasteiger charge is -2.26. The van der Waals surface area contributed by atoms with E-state index in [1.54, 1.807) is 0 Å². The van der Waals surface area contributed by atoms with Crippen LogP contribution in [-0.2, 0) is 29.6 Å². The molecule has 0 spiro atoms. The van der Waals surface area contributed by atoms with E-state index in [-0.39, 0.29) is 53.1 Å². The number of hydrogen-bond donors (Lipinski definition) is 1. The van der Waals surface area contributed by atoms with E-state index in [1.807, 2.05) is 0 Å². The second kappa shape index (κ2) is 8.74. The van der Waals surface area contributed by atoms with Gasteiger partial charge >= 0.3 is 0 Å². The van der Waals surface area contributed by atoms with Crippen LogP contribution >= 0.6 is 0 Å². The highest BCUT2D eigenvalue weighted by molar-refractivity contribution is 7.90. The lowest BCUT2D eigenvalue weighted by molar-refractivity contribution is -0.116. The molecule has 2 amide bonds. The highest BCUT2D eigenvalue weighted by Gasteiger charge is 2.41. The number of nitrogens with zero attached hydrogens (tertiary/aromatic N) is 2. The molecule has 1 N–H and O–H groups in total. The molecule has 0 aliphatic carbocycles. The quantitative estimate of drug-likeness (QED) is 0.611. The first-order valence-electron chi connectivity index (χ1n) is 9.88. The van der Waals surface area contributed by atoms with Gasteiger partial charge in [0.15, 0.2) is 0 Å². The lowest BCUT2D eigenvalue weighted by Crippen LogP contribution is -2.40. The van der Waals surface area contributed by atoms with Crippen molar-refractivity contribution in [1.82, 2.24) is 8.61 Å². The molecule has 1 saturated heterocycles. The summed E-state index contributed by atoms with van der Waals surface area (Å²) < 4.78 is 63.6. The summed E-state index contributed by atoms with van der Waals surface area (Å²) in [4.78, 5) is 24.8. The van der Waals surface area contributed by atoms with Crippen molar-refractivity contribution in [1.29, 1.82) is 0 Å². The van der Waals surface area contributed by atoms with E-state index < -0.39 is 38.4 Å². The molecule has 0 radical (unpaired) electrons. The molecule has 0 aromatic heterocycles. The third-order valence-corrected chi connectivity index (χ3v) is 8.94. The second-order valence-corrected chi connectivity index (χ2v) is 11.0. The fourth-order valence-electron chi connectivity index (χ4n) is 3.60. The Hall–Kier alpha value is -3.00. The Balaban J connectivity index is 1.56. The molecule has 2 aromatic carbocycles. The van der Waals surface area contributed by atoms with E-state index in [1.165, 1.54) is 53.9 Å². The van der Waals surface area contributed by atoms with Gasteiger partial charge in [0.2, 0.25) is 15.9 Å². The van der Waals surface area contributed by atoms with Crippen molar-refractivity contribution in [3.8, 4) is 5.75 Å². The summed E-state index contributed by atoms with van der Waals surface area (Å²) in [6, 6.07) is 9.73. The standard InChI is InChI=1S/C20H21N3O8S2/c1-30-16-7-6-14(12-18(16)32(26,27)22-8-10-31-11-9-22)21-19(24)13-23-20(25)15-4-2-3-5-17(15)33(23,28)29/h2-7,12H,8-11,13H2,1H3,(H,21,24). The molecule has 33 heavy (non-hydrogen) atoms. The fourth-order valence-corrected chi connectivity index (χ4v) is 6.71. The van der Waals surface area contributed by atoms with Crippen LogP contribution in [0.5, 0.6) is 5.75 Å². The predicted molar refractivity (Wildman–Crippen MR) is 116 cm³/mol. The predicted octanol–water partition coefficient (Wildman–Crippen LogP) is 0.499. The number of methoxy groups -OCH3 is 1. The van der Waals surface area contributed by atoms with E-state index in [4.69, 9.17) is 9.47 Å². The number of carbonyl (C=O) groups is 2. The van der Waals surface area contributed by atoms with Gasteiger partial charge < -0.3 is 14.8 Å². The van der Waals surface area contributed by atoms with Crippen LogP contribution in [-0.4, -0.2) is 77.2 Å². The first kappa shape index (κ1) is 23.2. The largest absolute Gasteiger partial charge is 0.495 e. The van der Waals surface area contributed by atoms with Crippen molar-refractivity contribution in [2.24, 2.45) is 0 Å². The van der Waals surface area contributed by atoms with E-state index in [9.17, 15) is 26.4 Å². The van der Waals surface area contributed by atoms with Gasteiger partial charge in [0, 0.05) is 18.8 Å². The maximum atomic E-state index is 13.1. The van der Waals surface area contributed by atoms with Gasteiger partial charge in [-0.15, -0.1) is 0 Å². The maximum Gasteiger partial charge on any atom is 0.269 e. The van der Waals surface area contributed by atoms with Gasteiger partial charge in [-0.25, -0.2) is 21.1 Å². The molecular weight excluding hydrogens is 474 g/mol. The van der Waals surface area contributed by atoms with Crippen molar-refractivity contribution in [3.63, 3.8) is 0 Å². The average Bonchev–Trinajstić information content (AvgIpc) is 3.00. The maximum absolute atomic E-state index is 13.1. The van der Waals surface area contributed by atoms with Gasteiger partial charge in [-0.2, -0.15) is 4.31 Å². The SMILES string of the molecule is COc1ccc(NC(=O)CN2C(=O)c3ccccc3S2(=O)=O)cc1S(=O)(=O)N1CCOCC1. The summed E-state index contributed by atoms with van der Waals surface area (Å²) >= 11 is 0. The van der Waals surface area contributed by atoms with Crippen LogP contribution in [0.25, 0.3) is 0 Å². The van der Waals surface area contributed by atoms with Crippen LogP contribution in [0, 0.1) is 0 Å². The highest BCUT2D eigenvalue weighted by atomic mass is 32.2. The van der Waals surface area contributed by atoms with Crippen molar-refractivity contribution < 1.29 is 35.9 Å². The number of rotatable bonds is 6. The molecule has 13 heteroatoms. The number of morpholine rings is 1. The van der Waals surface area contributed by atoms with Gasteiger partial charge in [0.05, 0.1) is 25.9 Å². The summed E-state index contributed by atoms with van der Waals surface area (Å²) in [5, 5.41) is 2.46. The molecular formula is C20H21N3O8S2. The minimum atomic E-state index is -4.15. The molecule has 2 aliphatic heterocycles. The smallest absolute Gasteiger partial charge is 0.269 e. The molecule has 2 aliphatic rings. The number of nitrogens with one attached hydrogen (secondary N) is 1. The number of carbonyl (C=O) groups excluding carboxylic acids is 2. The van der Waals surface area contributed by atoms with E-state index >= 15 is 0 Å². The highest BCUT2D eigenvalue weighted by Crippen LogP contribution is 2.31. The number of ether oxygens (including phenoxy) is 2. The van der Waals surface area contributed by atoms with Crippen molar-refractivity contribution in [3.05, 3.63) is 48.0 Å². The van der Waals surface area contributed by atoms with Gasteiger partial charge in [-0.1, -0.05) is 12.1 Å². The van der Waals surface area contributed by atoms with Gasteiger partial charge in [0.1, 0.15) is 22.1 Å². The number of hydrogen-bond acceptors (Lipinski definition) is 8. The monoisotopic (exact) mass is 495 g/mol. The number of amides is 2. The summed E-state index contributed by atoms with van der Waals surface area (Å²) in [5.41, 5.74) is 0.0998. The summed E-state index contributed by atoms with van der Waals surface area (Å²) in [5.74, 6) is -1.52. The number of anilines is 1. The topological polar surface area (TPSA) is 139 Å². The summed E-state index contributed by atoms with van der Waals surface area (Å²) in [6.07, 6.45) is 0. The number of fused-ring (bicyclic) bond motifs is 1. The van der Waals surface area contributed by atoms with E-state index in [0.717, 1.165) is 0 Å². The zero-order valence-corrected chi connectivity index (χ0v) is 19.2. The Kier molecular flexibility index (Phi) is 6.14. The molecule has 176 valence electrons. The Morgan fingerprint density at radius 1 is 1.15 bits per heavy atom. The Labute approximate surface area is 191 Å². The van der Waals surface area contributed by atoms with Crippen LogP contribution in [0.1, 0.15) is 10.4 Å². The zero-order chi connectivity index (χ0) is 23.8. The third-order valence-electron chi connectivity index (χ3n) is 5.23. The van der Waals surface area contributed by atoms with Crippen LogP contribution in [0.3, 0.4) is 0 Å². The minimum Gasteiger partial charge on any atom is -0.495 e.